The largest absolute Gasteiger partial charge is 0.372 e. The highest BCUT2D eigenvalue weighted by molar-refractivity contribution is 5.81. The average molecular weight is 287 g/mol. The molecule has 0 spiro atoms. The molecule has 0 saturated carbocycles. The maximum atomic E-state index is 12.6. The SMILES string of the molecule is Cc1nc2ccccc2n1CC(=O)N1CC(C)OC(C)C1. The van der Waals surface area contributed by atoms with Crippen LogP contribution in [0.15, 0.2) is 24.3 Å². The van der Waals surface area contributed by atoms with Crippen LogP contribution in [0.3, 0.4) is 0 Å². The molecule has 5 heteroatoms. The molecular formula is C16H21N3O2. The van der Waals surface area contributed by atoms with Gasteiger partial charge in [0.15, 0.2) is 0 Å². The zero-order chi connectivity index (χ0) is 15.0. The Labute approximate surface area is 124 Å². The Morgan fingerprint density at radius 2 is 1.95 bits per heavy atom. The summed E-state index contributed by atoms with van der Waals surface area (Å²) in [6.45, 7) is 7.62. The first-order valence-corrected chi connectivity index (χ1v) is 7.39. The fraction of sp³-hybridized carbons (Fsp3) is 0.500. The molecule has 0 aliphatic carbocycles. The fourth-order valence-corrected chi connectivity index (χ4v) is 3.01. The quantitative estimate of drug-likeness (QED) is 0.848. The van der Waals surface area contributed by atoms with Crippen molar-refractivity contribution in [1.82, 2.24) is 14.5 Å². The van der Waals surface area contributed by atoms with Gasteiger partial charge in [-0.25, -0.2) is 4.98 Å². The van der Waals surface area contributed by atoms with E-state index < -0.39 is 0 Å². The van der Waals surface area contributed by atoms with Crippen LogP contribution < -0.4 is 0 Å². The minimum atomic E-state index is 0.0957. The van der Waals surface area contributed by atoms with E-state index in [1.807, 2.05) is 54.5 Å². The van der Waals surface area contributed by atoms with E-state index >= 15 is 0 Å². The number of morpholine rings is 1. The molecule has 2 heterocycles. The van der Waals surface area contributed by atoms with Crippen molar-refractivity contribution in [3.05, 3.63) is 30.1 Å². The predicted molar refractivity (Wildman–Crippen MR) is 81.1 cm³/mol. The number of benzene rings is 1. The highest BCUT2D eigenvalue weighted by atomic mass is 16.5. The van der Waals surface area contributed by atoms with E-state index in [9.17, 15) is 4.79 Å². The van der Waals surface area contributed by atoms with E-state index in [1.54, 1.807) is 0 Å². The number of aromatic nitrogens is 2. The second-order valence-corrected chi connectivity index (χ2v) is 5.79. The Morgan fingerprint density at radius 3 is 2.67 bits per heavy atom. The van der Waals surface area contributed by atoms with E-state index in [0.29, 0.717) is 19.6 Å². The average Bonchev–Trinajstić information content (AvgIpc) is 2.74. The summed E-state index contributed by atoms with van der Waals surface area (Å²) in [5.74, 6) is 1.00. The zero-order valence-electron chi connectivity index (χ0n) is 12.7. The van der Waals surface area contributed by atoms with Crippen molar-refractivity contribution in [1.29, 1.82) is 0 Å². The molecule has 2 unspecified atom stereocenters. The Hall–Kier alpha value is -1.88. The van der Waals surface area contributed by atoms with Crippen molar-refractivity contribution >= 4 is 16.9 Å². The third-order valence-electron chi connectivity index (χ3n) is 3.91. The molecule has 1 saturated heterocycles. The van der Waals surface area contributed by atoms with Crippen LogP contribution in [0.1, 0.15) is 19.7 Å². The molecule has 5 nitrogen and oxygen atoms in total. The number of aryl methyl sites for hydroxylation is 1. The molecule has 0 radical (unpaired) electrons. The first-order chi connectivity index (χ1) is 10.0. The lowest BCUT2D eigenvalue weighted by Crippen LogP contribution is -2.49. The number of carbonyl (C=O) groups is 1. The summed E-state index contributed by atoms with van der Waals surface area (Å²) >= 11 is 0. The lowest BCUT2D eigenvalue weighted by atomic mass is 10.2. The molecule has 1 aliphatic rings. The molecular weight excluding hydrogens is 266 g/mol. The smallest absolute Gasteiger partial charge is 0.242 e. The van der Waals surface area contributed by atoms with Gasteiger partial charge in [0.2, 0.25) is 5.91 Å². The van der Waals surface area contributed by atoms with Crippen LogP contribution >= 0.6 is 0 Å². The van der Waals surface area contributed by atoms with Crippen molar-refractivity contribution in [2.75, 3.05) is 13.1 Å². The molecule has 0 N–H and O–H groups in total. The molecule has 0 bridgehead atoms. The van der Waals surface area contributed by atoms with Gasteiger partial charge in [-0.3, -0.25) is 4.79 Å². The highest BCUT2D eigenvalue weighted by Crippen LogP contribution is 2.17. The Bertz CT molecular complexity index is 655. The summed E-state index contributed by atoms with van der Waals surface area (Å²) < 4.78 is 7.67. The monoisotopic (exact) mass is 287 g/mol. The molecule has 3 rings (SSSR count). The number of ether oxygens (including phenoxy) is 1. The molecule has 1 fully saturated rings. The number of para-hydroxylation sites is 2. The minimum Gasteiger partial charge on any atom is -0.372 e. The Balaban J connectivity index is 1.81. The summed E-state index contributed by atoms with van der Waals surface area (Å²) in [6, 6.07) is 7.92. The molecule has 1 aromatic carbocycles. The van der Waals surface area contributed by atoms with E-state index in [2.05, 4.69) is 4.98 Å². The van der Waals surface area contributed by atoms with Gasteiger partial charge in [-0.15, -0.1) is 0 Å². The second kappa shape index (κ2) is 5.48. The summed E-state index contributed by atoms with van der Waals surface area (Å²) in [5.41, 5.74) is 1.95. The van der Waals surface area contributed by atoms with Gasteiger partial charge in [0.1, 0.15) is 12.4 Å². The molecule has 21 heavy (non-hydrogen) atoms. The molecule has 1 aliphatic heterocycles. The maximum absolute atomic E-state index is 12.6. The number of amides is 1. The fourth-order valence-electron chi connectivity index (χ4n) is 3.01. The van der Waals surface area contributed by atoms with Crippen molar-refractivity contribution in [3.8, 4) is 0 Å². The summed E-state index contributed by atoms with van der Waals surface area (Å²) in [5, 5.41) is 0. The summed E-state index contributed by atoms with van der Waals surface area (Å²) in [7, 11) is 0. The van der Waals surface area contributed by atoms with Crippen LogP contribution in [-0.4, -0.2) is 45.7 Å². The van der Waals surface area contributed by atoms with Crippen molar-refractivity contribution < 1.29 is 9.53 Å². The van der Waals surface area contributed by atoms with E-state index in [0.717, 1.165) is 16.9 Å². The number of hydrogen-bond donors (Lipinski definition) is 0. The standard InChI is InChI=1S/C16H21N3O2/c1-11-8-18(9-12(2)21-11)16(20)10-19-13(3)17-14-6-4-5-7-15(14)19/h4-7,11-12H,8-10H2,1-3H3. The highest BCUT2D eigenvalue weighted by Gasteiger charge is 2.26. The van der Waals surface area contributed by atoms with Crippen LogP contribution in [0.5, 0.6) is 0 Å². The molecule has 1 amide bonds. The van der Waals surface area contributed by atoms with Gasteiger partial charge < -0.3 is 14.2 Å². The topological polar surface area (TPSA) is 47.4 Å². The summed E-state index contributed by atoms with van der Waals surface area (Å²) in [6.07, 6.45) is 0.191. The van der Waals surface area contributed by atoms with Gasteiger partial charge in [-0.05, 0) is 32.9 Å². The van der Waals surface area contributed by atoms with Gasteiger partial charge in [-0.2, -0.15) is 0 Å². The first kappa shape index (κ1) is 14.1. The van der Waals surface area contributed by atoms with Crippen LogP contribution in [0, 0.1) is 6.92 Å². The number of imidazole rings is 1. The van der Waals surface area contributed by atoms with Crippen molar-refractivity contribution in [3.63, 3.8) is 0 Å². The molecule has 2 atom stereocenters. The maximum Gasteiger partial charge on any atom is 0.242 e. The lowest BCUT2D eigenvalue weighted by Gasteiger charge is -2.35. The minimum absolute atomic E-state index is 0.0957. The molecule has 1 aromatic heterocycles. The Kier molecular flexibility index (Phi) is 3.68. The molecule has 2 aromatic rings. The molecule has 112 valence electrons. The first-order valence-electron chi connectivity index (χ1n) is 7.39. The zero-order valence-corrected chi connectivity index (χ0v) is 12.7. The number of fused-ring (bicyclic) bond motifs is 1. The normalized spacial score (nSPS) is 22.7. The van der Waals surface area contributed by atoms with Crippen molar-refractivity contribution in [2.24, 2.45) is 0 Å². The van der Waals surface area contributed by atoms with E-state index in [4.69, 9.17) is 4.74 Å². The lowest BCUT2D eigenvalue weighted by molar-refractivity contribution is -0.143. The Morgan fingerprint density at radius 1 is 1.29 bits per heavy atom. The van der Waals surface area contributed by atoms with Crippen LogP contribution in [0.4, 0.5) is 0 Å². The van der Waals surface area contributed by atoms with Gasteiger partial charge in [0, 0.05) is 13.1 Å². The number of nitrogens with zero attached hydrogens (tertiary/aromatic N) is 3. The van der Waals surface area contributed by atoms with Crippen LogP contribution in [-0.2, 0) is 16.1 Å². The third-order valence-corrected chi connectivity index (χ3v) is 3.91. The second-order valence-electron chi connectivity index (χ2n) is 5.79. The number of carbonyl (C=O) groups excluding carboxylic acids is 1. The van der Waals surface area contributed by atoms with Gasteiger partial charge in [-0.1, -0.05) is 12.1 Å². The predicted octanol–water partition coefficient (Wildman–Crippen LogP) is 1.98. The number of rotatable bonds is 2. The summed E-state index contributed by atoms with van der Waals surface area (Å²) in [4.78, 5) is 19.0. The van der Waals surface area contributed by atoms with E-state index in [-0.39, 0.29) is 18.1 Å². The van der Waals surface area contributed by atoms with Crippen LogP contribution in [0.25, 0.3) is 11.0 Å². The van der Waals surface area contributed by atoms with Gasteiger partial charge in [0.25, 0.3) is 0 Å². The van der Waals surface area contributed by atoms with Crippen molar-refractivity contribution in [2.45, 2.75) is 39.5 Å². The van der Waals surface area contributed by atoms with Gasteiger partial charge in [0.05, 0.1) is 23.2 Å². The van der Waals surface area contributed by atoms with Crippen LogP contribution in [0.2, 0.25) is 0 Å². The third kappa shape index (κ3) is 2.78. The number of hydrogen-bond acceptors (Lipinski definition) is 3. The van der Waals surface area contributed by atoms with Gasteiger partial charge >= 0.3 is 0 Å². The van der Waals surface area contributed by atoms with E-state index in [1.165, 1.54) is 0 Å².